The van der Waals surface area contributed by atoms with E-state index in [0.717, 1.165) is 18.5 Å². The van der Waals surface area contributed by atoms with Crippen LogP contribution in [-0.4, -0.2) is 5.91 Å². The number of carbonyl (C=O) groups excluding carboxylic acids is 1. The van der Waals surface area contributed by atoms with Crippen LogP contribution < -0.4 is 5.32 Å². The second-order valence-electron chi connectivity index (χ2n) is 4.57. The van der Waals surface area contributed by atoms with Gasteiger partial charge in [0.1, 0.15) is 0 Å². The number of anilines is 1. The minimum atomic E-state index is 0.0906. The Labute approximate surface area is 115 Å². The lowest BCUT2D eigenvalue weighted by Crippen LogP contribution is -2.10. The van der Waals surface area contributed by atoms with Gasteiger partial charge in [-0.25, -0.2) is 0 Å². The molecule has 0 spiro atoms. The van der Waals surface area contributed by atoms with Gasteiger partial charge in [-0.3, -0.25) is 4.79 Å². The Bertz CT molecular complexity index is 348. The first kappa shape index (κ1) is 15.0. The van der Waals surface area contributed by atoms with Gasteiger partial charge in [-0.15, -0.1) is 0 Å². The third-order valence-electron chi connectivity index (χ3n) is 2.89. The molecule has 0 saturated carbocycles. The zero-order chi connectivity index (χ0) is 13.2. The second kappa shape index (κ2) is 8.98. The van der Waals surface area contributed by atoms with Crippen LogP contribution in [0.25, 0.3) is 0 Å². The predicted octanol–water partition coefficient (Wildman–Crippen LogP) is 5.03. The highest BCUT2D eigenvalue weighted by atomic mass is 35.5. The first-order chi connectivity index (χ1) is 8.72. The zero-order valence-electron chi connectivity index (χ0n) is 11.0. The maximum absolute atomic E-state index is 11.6. The second-order valence-corrected chi connectivity index (χ2v) is 5.01. The van der Waals surface area contributed by atoms with Crippen LogP contribution in [0.4, 0.5) is 5.69 Å². The topological polar surface area (TPSA) is 29.1 Å². The molecule has 100 valence electrons. The van der Waals surface area contributed by atoms with Crippen molar-refractivity contribution in [1.29, 1.82) is 0 Å². The normalized spacial score (nSPS) is 10.3. The molecular weight excluding hydrogens is 246 g/mol. The summed E-state index contributed by atoms with van der Waals surface area (Å²) in [7, 11) is 0. The van der Waals surface area contributed by atoms with Crippen molar-refractivity contribution in [1.82, 2.24) is 0 Å². The third kappa shape index (κ3) is 6.65. The van der Waals surface area contributed by atoms with E-state index in [1.54, 1.807) is 12.1 Å². The number of unbranched alkanes of at least 4 members (excludes halogenated alkanes) is 5. The van der Waals surface area contributed by atoms with Crippen LogP contribution in [0.2, 0.25) is 5.02 Å². The highest BCUT2D eigenvalue weighted by molar-refractivity contribution is 6.30. The van der Waals surface area contributed by atoms with E-state index in [1.165, 1.54) is 25.7 Å². The molecule has 0 aromatic heterocycles. The van der Waals surface area contributed by atoms with Crippen molar-refractivity contribution in [3.63, 3.8) is 0 Å². The summed E-state index contributed by atoms with van der Waals surface area (Å²) in [4.78, 5) is 11.6. The van der Waals surface area contributed by atoms with Crippen LogP contribution in [0.15, 0.2) is 24.3 Å². The number of halogens is 1. The maximum Gasteiger partial charge on any atom is 0.224 e. The Morgan fingerprint density at radius 2 is 1.67 bits per heavy atom. The first-order valence-corrected chi connectivity index (χ1v) is 7.15. The summed E-state index contributed by atoms with van der Waals surface area (Å²) >= 11 is 5.78. The molecule has 0 aliphatic carbocycles. The van der Waals surface area contributed by atoms with E-state index in [0.29, 0.717) is 11.4 Å². The first-order valence-electron chi connectivity index (χ1n) is 6.78. The molecule has 0 atom stereocenters. The van der Waals surface area contributed by atoms with E-state index >= 15 is 0 Å². The van der Waals surface area contributed by atoms with Gasteiger partial charge in [-0.2, -0.15) is 0 Å². The lowest BCUT2D eigenvalue weighted by Gasteiger charge is -2.05. The van der Waals surface area contributed by atoms with Gasteiger partial charge in [0.05, 0.1) is 0 Å². The Morgan fingerprint density at radius 1 is 1.06 bits per heavy atom. The number of rotatable bonds is 8. The van der Waals surface area contributed by atoms with Gasteiger partial charge < -0.3 is 5.32 Å². The fourth-order valence-corrected chi connectivity index (χ4v) is 1.95. The summed E-state index contributed by atoms with van der Waals surface area (Å²) in [5.41, 5.74) is 0.815. The smallest absolute Gasteiger partial charge is 0.224 e. The fourth-order valence-electron chi connectivity index (χ4n) is 1.82. The molecular formula is C15H22ClNO. The van der Waals surface area contributed by atoms with Gasteiger partial charge in [-0.05, 0) is 30.7 Å². The minimum absolute atomic E-state index is 0.0906. The largest absolute Gasteiger partial charge is 0.326 e. The van der Waals surface area contributed by atoms with Gasteiger partial charge >= 0.3 is 0 Å². The standard InChI is InChI=1S/C15H22ClNO/c1-2-3-4-5-6-7-8-15(18)17-14-11-9-13(16)10-12-14/h9-12H,2-8H2,1H3,(H,17,18). The molecule has 1 amide bonds. The van der Waals surface area contributed by atoms with Gasteiger partial charge in [0.15, 0.2) is 0 Å². The van der Waals surface area contributed by atoms with Crippen LogP contribution in [0, 0.1) is 0 Å². The third-order valence-corrected chi connectivity index (χ3v) is 3.14. The number of hydrogen-bond donors (Lipinski definition) is 1. The molecule has 1 N–H and O–H groups in total. The molecule has 0 aliphatic rings. The SMILES string of the molecule is CCCCCCCCC(=O)Nc1ccc(Cl)cc1. The van der Waals surface area contributed by atoms with Crippen LogP contribution >= 0.6 is 11.6 Å². The van der Waals surface area contributed by atoms with Crippen molar-refractivity contribution < 1.29 is 4.79 Å². The van der Waals surface area contributed by atoms with Gasteiger partial charge in [0.25, 0.3) is 0 Å². The monoisotopic (exact) mass is 267 g/mol. The highest BCUT2D eigenvalue weighted by Gasteiger charge is 2.01. The summed E-state index contributed by atoms with van der Waals surface area (Å²) in [6, 6.07) is 7.20. The van der Waals surface area contributed by atoms with Crippen molar-refractivity contribution >= 4 is 23.2 Å². The molecule has 1 aromatic rings. The summed E-state index contributed by atoms with van der Waals surface area (Å²) in [6.07, 6.45) is 7.82. The predicted molar refractivity (Wildman–Crippen MR) is 78.1 cm³/mol. The Kier molecular flexibility index (Phi) is 7.51. The van der Waals surface area contributed by atoms with Gasteiger partial charge in [0.2, 0.25) is 5.91 Å². The summed E-state index contributed by atoms with van der Waals surface area (Å²) in [5, 5.41) is 3.56. The fraction of sp³-hybridized carbons (Fsp3) is 0.533. The quantitative estimate of drug-likeness (QED) is 0.658. The molecule has 1 aromatic carbocycles. The highest BCUT2D eigenvalue weighted by Crippen LogP contribution is 2.14. The van der Waals surface area contributed by atoms with Crippen LogP contribution in [0.1, 0.15) is 51.9 Å². The van der Waals surface area contributed by atoms with E-state index in [-0.39, 0.29) is 5.91 Å². The molecule has 0 bridgehead atoms. The van der Waals surface area contributed by atoms with Gasteiger partial charge in [0, 0.05) is 17.1 Å². The van der Waals surface area contributed by atoms with Crippen molar-refractivity contribution in [2.75, 3.05) is 5.32 Å². The number of hydrogen-bond acceptors (Lipinski definition) is 1. The zero-order valence-corrected chi connectivity index (χ0v) is 11.8. The van der Waals surface area contributed by atoms with Crippen molar-refractivity contribution in [3.8, 4) is 0 Å². The van der Waals surface area contributed by atoms with E-state index in [4.69, 9.17) is 11.6 Å². The average Bonchev–Trinajstić information content (AvgIpc) is 2.36. The molecule has 0 fully saturated rings. The molecule has 2 nitrogen and oxygen atoms in total. The summed E-state index contributed by atoms with van der Waals surface area (Å²) < 4.78 is 0. The van der Waals surface area contributed by atoms with Gasteiger partial charge in [-0.1, -0.05) is 50.6 Å². The van der Waals surface area contributed by atoms with Crippen molar-refractivity contribution in [2.24, 2.45) is 0 Å². The van der Waals surface area contributed by atoms with E-state index in [1.807, 2.05) is 12.1 Å². The Morgan fingerprint density at radius 3 is 2.33 bits per heavy atom. The number of nitrogens with one attached hydrogen (secondary N) is 1. The average molecular weight is 268 g/mol. The molecule has 18 heavy (non-hydrogen) atoms. The Hall–Kier alpha value is -1.02. The minimum Gasteiger partial charge on any atom is -0.326 e. The maximum atomic E-state index is 11.6. The molecule has 0 unspecified atom stereocenters. The van der Waals surface area contributed by atoms with E-state index in [2.05, 4.69) is 12.2 Å². The van der Waals surface area contributed by atoms with E-state index < -0.39 is 0 Å². The molecule has 3 heteroatoms. The molecule has 0 heterocycles. The number of carbonyl (C=O) groups is 1. The lowest BCUT2D eigenvalue weighted by molar-refractivity contribution is -0.116. The van der Waals surface area contributed by atoms with Crippen molar-refractivity contribution in [2.45, 2.75) is 51.9 Å². The molecule has 0 saturated heterocycles. The molecule has 0 aliphatic heterocycles. The number of amides is 1. The lowest BCUT2D eigenvalue weighted by atomic mass is 10.1. The molecule has 1 rings (SSSR count). The van der Waals surface area contributed by atoms with Crippen molar-refractivity contribution in [3.05, 3.63) is 29.3 Å². The van der Waals surface area contributed by atoms with E-state index in [9.17, 15) is 4.79 Å². The van der Waals surface area contributed by atoms with Crippen LogP contribution in [0.3, 0.4) is 0 Å². The van der Waals surface area contributed by atoms with Crippen LogP contribution in [0.5, 0.6) is 0 Å². The molecule has 0 radical (unpaired) electrons. The van der Waals surface area contributed by atoms with Crippen LogP contribution in [-0.2, 0) is 4.79 Å². The summed E-state index contributed by atoms with van der Waals surface area (Å²) in [6.45, 7) is 2.21. The summed E-state index contributed by atoms with van der Waals surface area (Å²) in [5.74, 6) is 0.0906. The number of benzene rings is 1. The Balaban J connectivity index is 2.12.